The third-order valence-electron chi connectivity index (χ3n) is 9.52. The zero-order valence-electron chi connectivity index (χ0n) is 25.5. The Bertz CT molecular complexity index is 2710. The Hall–Kier alpha value is -6.13. The average molecular weight is 614 g/mol. The van der Waals surface area contributed by atoms with Gasteiger partial charge < -0.3 is 19.7 Å². The van der Waals surface area contributed by atoms with Crippen LogP contribution in [-0.4, -0.2) is 31.0 Å². The predicted octanol–water partition coefficient (Wildman–Crippen LogP) is 8.75. The summed E-state index contributed by atoms with van der Waals surface area (Å²) in [5.74, 6) is -1.51. The van der Waals surface area contributed by atoms with Crippen molar-refractivity contribution in [3.8, 4) is 50.6 Å². The third-order valence-corrected chi connectivity index (χ3v) is 9.52. The number of phenols is 3. The molecule has 3 N–H and O–H groups in total. The largest absolute Gasteiger partial charge is 0.508 e. The molecule has 8 aromatic carbocycles. The Kier molecular flexibility index (Phi) is 6.12. The predicted molar refractivity (Wildman–Crippen MR) is 198 cm³/mol. The van der Waals surface area contributed by atoms with Gasteiger partial charge in [0.05, 0.1) is 5.56 Å². The standard InChI is InChI=1S/C42H24B2O4/c43-38-39(44)42(47)41(46)37(40(38)45)31-16-8-7-15-30(31)36-28-13-5-3-11-26(28)35(27-12-4-6-14-29(27)36)24-17-18-25-32-19-22-9-1-2-10-23(22)20-34(32)48-33(25)21-24/h1-21,45-47H. The van der Waals surface area contributed by atoms with Crippen LogP contribution in [0.2, 0.25) is 0 Å². The van der Waals surface area contributed by atoms with Crippen molar-refractivity contribution < 1.29 is 19.7 Å². The molecule has 0 aliphatic heterocycles. The van der Waals surface area contributed by atoms with Gasteiger partial charge in [-0.2, -0.15) is 0 Å². The highest BCUT2D eigenvalue weighted by Gasteiger charge is 2.24. The van der Waals surface area contributed by atoms with Crippen LogP contribution in [0, 0.1) is 0 Å². The molecule has 1 aromatic heterocycles. The molecule has 1 heterocycles. The van der Waals surface area contributed by atoms with Gasteiger partial charge in [-0.25, -0.2) is 0 Å². The fraction of sp³-hybridized carbons (Fsp3) is 0. The van der Waals surface area contributed by atoms with E-state index in [1.165, 1.54) is 5.39 Å². The van der Waals surface area contributed by atoms with E-state index in [4.69, 9.17) is 20.1 Å². The number of phenolic OH excluding ortho intramolecular Hbond substituents is 3. The second kappa shape index (κ2) is 10.4. The van der Waals surface area contributed by atoms with Crippen LogP contribution < -0.4 is 10.9 Å². The molecule has 0 spiro atoms. The van der Waals surface area contributed by atoms with Gasteiger partial charge >= 0.3 is 0 Å². The van der Waals surface area contributed by atoms with Gasteiger partial charge in [-0.15, -0.1) is 0 Å². The zero-order chi connectivity index (χ0) is 32.7. The highest BCUT2D eigenvalue weighted by Crippen LogP contribution is 2.49. The first-order valence-corrected chi connectivity index (χ1v) is 15.6. The lowest BCUT2D eigenvalue weighted by molar-refractivity contribution is 0.403. The van der Waals surface area contributed by atoms with Crippen molar-refractivity contribution in [2.45, 2.75) is 0 Å². The summed E-state index contributed by atoms with van der Waals surface area (Å²) in [5.41, 5.74) is 5.42. The molecule has 0 aliphatic carbocycles. The Morgan fingerprint density at radius 2 is 0.896 bits per heavy atom. The molecular formula is C42H24B2O4. The highest BCUT2D eigenvalue weighted by molar-refractivity contribution is 6.51. The van der Waals surface area contributed by atoms with Crippen molar-refractivity contribution in [1.82, 2.24) is 0 Å². The number of aromatic hydroxyl groups is 3. The Labute approximate surface area is 277 Å². The molecule has 0 unspecified atom stereocenters. The van der Waals surface area contributed by atoms with Gasteiger partial charge in [0.1, 0.15) is 32.6 Å². The van der Waals surface area contributed by atoms with Crippen molar-refractivity contribution in [3.05, 3.63) is 127 Å². The molecule has 9 aromatic rings. The van der Waals surface area contributed by atoms with E-state index in [1.807, 2.05) is 54.6 Å². The minimum absolute atomic E-state index is 0.00929. The first-order chi connectivity index (χ1) is 23.4. The molecule has 0 bridgehead atoms. The summed E-state index contributed by atoms with van der Waals surface area (Å²) in [5, 5.41) is 41.3. The van der Waals surface area contributed by atoms with E-state index in [0.29, 0.717) is 5.56 Å². The van der Waals surface area contributed by atoms with Crippen molar-refractivity contribution in [1.29, 1.82) is 0 Å². The first kappa shape index (κ1) is 28.1. The summed E-state index contributed by atoms with van der Waals surface area (Å²) in [6, 6.07) is 42.9. The smallest absolute Gasteiger partial charge is 0.168 e. The lowest BCUT2D eigenvalue weighted by Crippen LogP contribution is -2.26. The molecule has 0 atom stereocenters. The molecule has 4 radical (unpaired) electrons. The summed E-state index contributed by atoms with van der Waals surface area (Å²) in [6.07, 6.45) is 0. The molecule has 0 fully saturated rings. The number of furan rings is 1. The molecule has 0 saturated carbocycles. The van der Waals surface area contributed by atoms with Crippen molar-refractivity contribution in [3.63, 3.8) is 0 Å². The minimum atomic E-state index is -0.575. The van der Waals surface area contributed by atoms with Crippen LogP contribution >= 0.6 is 0 Å². The first-order valence-electron chi connectivity index (χ1n) is 15.6. The average Bonchev–Trinajstić information content (AvgIpc) is 3.48. The zero-order valence-corrected chi connectivity index (χ0v) is 25.5. The van der Waals surface area contributed by atoms with Crippen LogP contribution in [0.4, 0.5) is 0 Å². The van der Waals surface area contributed by atoms with Crippen LogP contribution in [0.15, 0.2) is 132 Å². The topological polar surface area (TPSA) is 73.8 Å². The number of benzene rings is 8. The normalized spacial score (nSPS) is 11.8. The fourth-order valence-electron chi connectivity index (χ4n) is 7.27. The maximum absolute atomic E-state index is 11.1. The number of fused-ring (bicyclic) bond motifs is 6. The molecule has 0 amide bonds. The Balaban J connectivity index is 1.34. The quantitative estimate of drug-likeness (QED) is 0.0806. The second-order valence-corrected chi connectivity index (χ2v) is 12.1. The van der Waals surface area contributed by atoms with Gasteiger partial charge in [-0.05, 0) is 84.4 Å². The van der Waals surface area contributed by atoms with Gasteiger partial charge in [-0.1, -0.05) is 114 Å². The van der Waals surface area contributed by atoms with E-state index in [-0.39, 0.29) is 16.5 Å². The minimum Gasteiger partial charge on any atom is -0.508 e. The third kappa shape index (κ3) is 3.99. The second-order valence-electron chi connectivity index (χ2n) is 12.1. The van der Waals surface area contributed by atoms with E-state index in [0.717, 1.165) is 71.1 Å². The highest BCUT2D eigenvalue weighted by atomic mass is 16.3. The molecule has 6 heteroatoms. The van der Waals surface area contributed by atoms with E-state index >= 15 is 0 Å². The van der Waals surface area contributed by atoms with Crippen LogP contribution in [-0.2, 0) is 0 Å². The number of hydrogen-bond acceptors (Lipinski definition) is 4. The van der Waals surface area contributed by atoms with E-state index in [2.05, 4.69) is 66.7 Å². The van der Waals surface area contributed by atoms with Crippen molar-refractivity contribution in [2.75, 3.05) is 0 Å². The molecular weight excluding hydrogens is 590 g/mol. The summed E-state index contributed by atoms with van der Waals surface area (Å²) in [6.45, 7) is 0. The van der Waals surface area contributed by atoms with Crippen LogP contribution in [0.25, 0.3) is 87.6 Å². The fourth-order valence-corrected chi connectivity index (χ4v) is 7.27. The van der Waals surface area contributed by atoms with Gasteiger partial charge in [0.25, 0.3) is 0 Å². The van der Waals surface area contributed by atoms with E-state index in [1.54, 1.807) is 6.07 Å². The molecule has 4 nitrogen and oxygen atoms in total. The molecule has 48 heavy (non-hydrogen) atoms. The number of rotatable bonds is 3. The van der Waals surface area contributed by atoms with Crippen LogP contribution in [0.5, 0.6) is 17.2 Å². The van der Waals surface area contributed by atoms with Gasteiger partial charge in [0.15, 0.2) is 11.5 Å². The van der Waals surface area contributed by atoms with Gasteiger partial charge in [0, 0.05) is 10.8 Å². The van der Waals surface area contributed by atoms with Crippen LogP contribution in [0.1, 0.15) is 0 Å². The Morgan fingerprint density at radius 3 is 1.54 bits per heavy atom. The van der Waals surface area contributed by atoms with E-state index in [9.17, 15) is 15.3 Å². The Morgan fingerprint density at radius 1 is 0.396 bits per heavy atom. The monoisotopic (exact) mass is 614 g/mol. The molecule has 0 saturated heterocycles. The SMILES string of the molecule is [B]c1c([B])c(O)c(-c2ccccc2-c2c3ccccc3c(-c3ccc4c(c3)oc3cc5ccccc5cc34)c3ccccc23)c(O)c1O. The summed E-state index contributed by atoms with van der Waals surface area (Å²) in [7, 11) is 12.0. The maximum Gasteiger partial charge on any atom is 0.168 e. The maximum atomic E-state index is 11.1. The van der Waals surface area contributed by atoms with Crippen LogP contribution in [0.3, 0.4) is 0 Å². The lowest BCUT2D eigenvalue weighted by atomic mass is 9.76. The van der Waals surface area contributed by atoms with Crippen molar-refractivity contribution in [2.24, 2.45) is 0 Å². The summed E-state index contributed by atoms with van der Waals surface area (Å²) in [4.78, 5) is 0. The van der Waals surface area contributed by atoms with E-state index < -0.39 is 17.2 Å². The molecule has 0 aliphatic rings. The van der Waals surface area contributed by atoms with Crippen molar-refractivity contribution >= 4 is 80.9 Å². The molecule has 9 rings (SSSR count). The molecule has 222 valence electrons. The van der Waals surface area contributed by atoms with Gasteiger partial charge in [-0.3, -0.25) is 0 Å². The summed E-state index contributed by atoms with van der Waals surface area (Å²) < 4.78 is 6.47. The lowest BCUT2D eigenvalue weighted by Gasteiger charge is -2.21. The number of hydrogen-bond donors (Lipinski definition) is 3. The summed E-state index contributed by atoms with van der Waals surface area (Å²) >= 11 is 0. The van der Waals surface area contributed by atoms with Gasteiger partial charge in [0.2, 0.25) is 0 Å².